The van der Waals surface area contributed by atoms with Gasteiger partial charge in [-0.05, 0) is 37.0 Å². The first kappa shape index (κ1) is 17.6. The Morgan fingerprint density at radius 1 is 1.39 bits per heavy atom. The average Bonchev–Trinajstić information content (AvgIpc) is 3.09. The number of ether oxygens (including phenoxy) is 3. The van der Waals surface area contributed by atoms with Gasteiger partial charge in [0.05, 0.1) is 19.8 Å². The SMILES string of the molecule is COc1cccc(CNC(=O)NCCCOCC2CCCO2)c1. The number of carbonyl (C=O) groups is 1. The Morgan fingerprint density at radius 3 is 3.09 bits per heavy atom. The topological polar surface area (TPSA) is 68.8 Å². The minimum Gasteiger partial charge on any atom is -0.497 e. The first-order valence-electron chi connectivity index (χ1n) is 8.12. The number of hydrogen-bond acceptors (Lipinski definition) is 4. The van der Waals surface area contributed by atoms with Crippen LogP contribution >= 0.6 is 0 Å². The zero-order chi connectivity index (χ0) is 16.3. The second-order valence-corrected chi connectivity index (χ2v) is 5.52. The second-order valence-electron chi connectivity index (χ2n) is 5.52. The van der Waals surface area contributed by atoms with E-state index in [1.807, 2.05) is 24.3 Å². The molecule has 2 rings (SSSR count). The van der Waals surface area contributed by atoms with Crippen molar-refractivity contribution in [1.82, 2.24) is 10.6 Å². The van der Waals surface area contributed by atoms with Crippen LogP contribution in [-0.4, -0.2) is 45.6 Å². The number of benzene rings is 1. The molecule has 1 aliphatic rings. The van der Waals surface area contributed by atoms with E-state index in [0.29, 0.717) is 26.3 Å². The highest BCUT2D eigenvalue weighted by molar-refractivity contribution is 5.73. The number of urea groups is 1. The monoisotopic (exact) mass is 322 g/mol. The standard InChI is InChI=1S/C17H26N2O4/c1-21-15-6-2-5-14(11-15)12-19-17(20)18-8-4-9-22-13-16-7-3-10-23-16/h2,5-6,11,16H,3-4,7-10,12-13H2,1H3,(H2,18,19,20). The van der Waals surface area contributed by atoms with Crippen molar-refractivity contribution in [2.75, 3.05) is 33.5 Å². The molecule has 0 aromatic heterocycles. The van der Waals surface area contributed by atoms with Crippen LogP contribution in [0.4, 0.5) is 4.79 Å². The molecule has 2 N–H and O–H groups in total. The fourth-order valence-electron chi connectivity index (χ4n) is 2.39. The first-order valence-corrected chi connectivity index (χ1v) is 8.12. The molecule has 2 amide bonds. The number of carbonyl (C=O) groups excluding carboxylic acids is 1. The molecule has 1 aromatic rings. The van der Waals surface area contributed by atoms with Crippen LogP contribution < -0.4 is 15.4 Å². The first-order chi connectivity index (χ1) is 11.3. The van der Waals surface area contributed by atoms with E-state index in [-0.39, 0.29) is 12.1 Å². The van der Waals surface area contributed by atoms with Crippen LogP contribution in [0.1, 0.15) is 24.8 Å². The lowest BCUT2D eigenvalue weighted by Crippen LogP contribution is -2.35. The molecule has 0 radical (unpaired) electrons. The summed E-state index contributed by atoms with van der Waals surface area (Å²) in [5.41, 5.74) is 0.999. The molecule has 0 spiro atoms. The maximum absolute atomic E-state index is 11.7. The van der Waals surface area contributed by atoms with Gasteiger partial charge in [-0.2, -0.15) is 0 Å². The molecule has 0 saturated carbocycles. The summed E-state index contributed by atoms with van der Waals surface area (Å²) in [7, 11) is 1.63. The lowest BCUT2D eigenvalue weighted by molar-refractivity contribution is 0.0168. The van der Waals surface area contributed by atoms with E-state index < -0.39 is 0 Å². The molecular weight excluding hydrogens is 296 g/mol. The summed E-state index contributed by atoms with van der Waals surface area (Å²) in [5, 5.41) is 5.64. The zero-order valence-electron chi connectivity index (χ0n) is 13.7. The molecule has 128 valence electrons. The van der Waals surface area contributed by atoms with Crippen molar-refractivity contribution in [2.45, 2.75) is 31.9 Å². The summed E-state index contributed by atoms with van der Waals surface area (Å²) < 4.78 is 16.2. The quantitative estimate of drug-likeness (QED) is 0.683. The maximum Gasteiger partial charge on any atom is 0.315 e. The molecule has 1 heterocycles. The minimum atomic E-state index is -0.174. The molecule has 0 aliphatic carbocycles. The molecule has 1 aliphatic heterocycles. The van der Waals surface area contributed by atoms with Gasteiger partial charge in [0.25, 0.3) is 0 Å². The Balaban J connectivity index is 1.49. The Labute approximate surface area is 137 Å². The summed E-state index contributed by atoms with van der Waals surface area (Å²) in [5.74, 6) is 0.785. The van der Waals surface area contributed by atoms with Crippen LogP contribution in [0.2, 0.25) is 0 Å². The Kier molecular flexibility index (Phi) is 7.69. The van der Waals surface area contributed by atoms with Crippen molar-refractivity contribution in [2.24, 2.45) is 0 Å². The normalized spacial score (nSPS) is 17.0. The lowest BCUT2D eigenvalue weighted by Gasteiger charge is -2.11. The molecule has 1 saturated heterocycles. The van der Waals surface area contributed by atoms with Crippen LogP contribution in [0.25, 0.3) is 0 Å². The van der Waals surface area contributed by atoms with E-state index in [9.17, 15) is 4.79 Å². The molecule has 23 heavy (non-hydrogen) atoms. The zero-order valence-corrected chi connectivity index (χ0v) is 13.7. The number of nitrogens with one attached hydrogen (secondary N) is 2. The summed E-state index contributed by atoms with van der Waals surface area (Å²) in [6.07, 6.45) is 3.27. The molecule has 1 fully saturated rings. The molecule has 1 aromatic carbocycles. The third kappa shape index (κ3) is 6.88. The largest absolute Gasteiger partial charge is 0.497 e. The predicted octanol–water partition coefficient (Wildman–Crippen LogP) is 2.08. The third-order valence-corrected chi connectivity index (χ3v) is 3.67. The van der Waals surface area contributed by atoms with Crippen LogP contribution in [0.5, 0.6) is 5.75 Å². The highest BCUT2D eigenvalue weighted by Gasteiger charge is 2.14. The van der Waals surface area contributed by atoms with Gasteiger partial charge in [0.15, 0.2) is 0 Å². The number of hydrogen-bond donors (Lipinski definition) is 2. The fourth-order valence-corrected chi connectivity index (χ4v) is 2.39. The molecular formula is C17H26N2O4. The number of amides is 2. The van der Waals surface area contributed by atoms with Gasteiger partial charge in [-0.25, -0.2) is 4.79 Å². The van der Waals surface area contributed by atoms with Crippen LogP contribution in [-0.2, 0) is 16.0 Å². The predicted molar refractivity (Wildman–Crippen MR) is 87.6 cm³/mol. The molecule has 0 bridgehead atoms. The van der Waals surface area contributed by atoms with Gasteiger partial charge in [-0.1, -0.05) is 12.1 Å². The van der Waals surface area contributed by atoms with E-state index in [1.54, 1.807) is 7.11 Å². The van der Waals surface area contributed by atoms with E-state index in [1.165, 1.54) is 0 Å². The van der Waals surface area contributed by atoms with Crippen molar-refractivity contribution >= 4 is 6.03 Å². The van der Waals surface area contributed by atoms with Crippen molar-refractivity contribution in [3.63, 3.8) is 0 Å². The van der Waals surface area contributed by atoms with Gasteiger partial charge < -0.3 is 24.8 Å². The summed E-state index contributed by atoms with van der Waals surface area (Å²) in [4.78, 5) is 11.7. The molecule has 6 heteroatoms. The van der Waals surface area contributed by atoms with Crippen molar-refractivity contribution < 1.29 is 19.0 Å². The number of rotatable bonds is 9. The van der Waals surface area contributed by atoms with Crippen molar-refractivity contribution in [3.05, 3.63) is 29.8 Å². The van der Waals surface area contributed by atoms with Gasteiger partial charge in [0.2, 0.25) is 0 Å². The lowest BCUT2D eigenvalue weighted by atomic mass is 10.2. The minimum absolute atomic E-state index is 0.174. The average molecular weight is 322 g/mol. The maximum atomic E-state index is 11.7. The van der Waals surface area contributed by atoms with Crippen molar-refractivity contribution in [3.8, 4) is 5.75 Å². The van der Waals surface area contributed by atoms with Gasteiger partial charge >= 0.3 is 6.03 Å². The Morgan fingerprint density at radius 2 is 2.30 bits per heavy atom. The summed E-state index contributed by atoms with van der Waals surface area (Å²) >= 11 is 0. The van der Waals surface area contributed by atoms with Gasteiger partial charge in [0.1, 0.15) is 5.75 Å². The third-order valence-electron chi connectivity index (χ3n) is 3.67. The molecule has 6 nitrogen and oxygen atoms in total. The van der Waals surface area contributed by atoms with Crippen LogP contribution in [0.3, 0.4) is 0 Å². The van der Waals surface area contributed by atoms with Crippen molar-refractivity contribution in [1.29, 1.82) is 0 Å². The second kappa shape index (κ2) is 10.1. The van der Waals surface area contributed by atoms with E-state index >= 15 is 0 Å². The van der Waals surface area contributed by atoms with Gasteiger partial charge in [-0.3, -0.25) is 0 Å². The van der Waals surface area contributed by atoms with Gasteiger partial charge in [-0.15, -0.1) is 0 Å². The highest BCUT2D eigenvalue weighted by Crippen LogP contribution is 2.12. The summed E-state index contributed by atoms with van der Waals surface area (Å²) in [6.45, 7) is 3.20. The van der Waals surface area contributed by atoms with Crippen LogP contribution in [0, 0.1) is 0 Å². The number of methoxy groups -OCH3 is 1. The highest BCUT2D eigenvalue weighted by atomic mass is 16.5. The molecule has 1 atom stereocenters. The van der Waals surface area contributed by atoms with Crippen LogP contribution in [0.15, 0.2) is 24.3 Å². The summed E-state index contributed by atoms with van der Waals surface area (Å²) in [6, 6.07) is 7.45. The molecule has 1 unspecified atom stereocenters. The Bertz CT molecular complexity index is 475. The Hall–Kier alpha value is -1.79. The fraction of sp³-hybridized carbons (Fsp3) is 0.588. The van der Waals surface area contributed by atoms with E-state index in [0.717, 1.165) is 37.2 Å². The smallest absolute Gasteiger partial charge is 0.315 e. The van der Waals surface area contributed by atoms with E-state index in [4.69, 9.17) is 14.2 Å². The van der Waals surface area contributed by atoms with Gasteiger partial charge in [0, 0.05) is 26.3 Å². The van der Waals surface area contributed by atoms with E-state index in [2.05, 4.69) is 10.6 Å².